The summed E-state index contributed by atoms with van der Waals surface area (Å²) >= 11 is 0. The van der Waals surface area contributed by atoms with Gasteiger partial charge in [-0.1, -0.05) is 6.07 Å². The number of aromatic nitrogens is 2. The van der Waals surface area contributed by atoms with Crippen molar-refractivity contribution in [1.82, 2.24) is 9.38 Å². The Morgan fingerprint density at radius 1 is 1.44 bits per heavy atom. The average molecular weight is 259 g/mol. The molecule has 8 heteroatoms. The molecule has 0 saturated carbocycles. The van der Waals surface area contributed by atoms with Crippen molar-refractivity contribution in [3.63, 3.8) is 0 Å². The van der Waals surface area contributed by atoms with E-state index in [0.29, 0.717) is 0 Å². The van der Waals surface area contributed by atoms with E-state index < -0.39 is 18.7 Å². The molecule has 0 aliphatic rings. The van der Waals surface area contributed by atoms with E-state index in [4.69, 9.17) is 5.11 Å². The molecule has 2 rings (SSSR count). The summed E-state index contributed by atoms with van der Waals surface area (Å²) in [6.45, 7) is -1.34. The number of nitrogens with one attached hydrogen (secondary N) is 1. The van der Waals surface area contributed by atoms with Gasteiger partial charge in [0.15, 0.2) is 11.5 Å². The smallest absolute Gasteiger partial charge is 0.405 e. The summed E-state index contributed by atoms with van der Waals surface area (Å²) in [6.07, 6.45) is -3.02. The van der Waals surface area contributed by atoms with Crippen LogP contribution in [0.4, 0.5) is 19.0 Å². The first kappa shape index (κ1) is 12.2. The molecule has 2 aromatic heterocycles. The van der Waals surface area contributed by atoms with Crippen LogP contribution in [0.3, 0.4) is 0 Å². The predicted molar refractivity (Wildman–Crippen MR) is 56.7 cm³/mol. The van der Waals surface area contributed by atoms with E-state index in [1.807, 2.05) is 5.32 Å². The molecule has 18 heavy (non-hydrogen) atoms. The molecule has 96 valence electrons. The molecule has 2 aromatic rings. The van der Waals surface area contributed by atoms with E-state index in [2.05, 4.69) is 4.98 Å². The fourth-order valence-corrected chi connectivity index (χ4v) is 1.51. The van der Waals surface area contributed by atoms with Gasteiger partial charge in [-0.2, -0.15) is 13.2 Å². The average Bonchev–Trinajstić information content (AvgIpc) is 2.63. The molecule has 2 N–H and O–H groups in total. The van der Waals surface area contributed by atoms with Gasteiger partial charge in [0, 0.05) is 6.20 Å². The number of hydrogen-bond donors (Lipinski definition) is 2. The minimum absolute atomic E-state index is 0.263. The number of imidazole rings is 1. The van der Waals surface area contributed by atoms with Crippen LogP contribution in [0.15, 0.2) is 24.4 Å². The summed E-state index contributed by atoms with van der Waals surface area (Å²) in [5.74, 6) is -1.65. The largest absolute Gasteiger partial charge is 0.476 e. The maximum atomic E-state index is 12.1. The lowest BCUT2D eigenvalue weighted by molar-refractivity contribution is -0.115. The standard InChI is InChI=1S/C10H8F3N3O2/c11-10(12,13)5-14-8-7(9(17)18)16-4-2-1-3-6(16)15-8/h1-4,14H,5H2,(H,17,18). The fraction of sp³-hybridized carbons (Fsp3) is 0.200. The first-order valence-electron chi connectivity index (χ1n) is 4.89. The number of pyridine rings is 1. The topological polar surface area (TPSA) is 66.6 Å². The van der Waals surface area contributed by atoms with E-state index >= 15 is 0 Å². The highest BCUT2D eigenvalue weighted by Gasteiger charge is 2.28. The van der Waals surface area contributed by atoms with Crippen molar-refractivity contribution in [2.75, 3.05) is 11.9 Å². The molecule has 0 aromatic carbocycles. The summed E-state index contributed by atoms with van der Waals surface area (Å²) in [6, 6.07) is 4.68. The maximum absolute atomic E-state index is 12.1. The van der Waals surface area contributed by atoms with Crippen molar-refractivity contribution in [1.29, 1.82) is 0 Å². The number of carboxylic acids is 1. The van der Waals surface area contributed by atoms with Crippen LogP contribution in [-0.2, 0) is 0 Å². The van der Waals surface area contributed by atoms with Crippen LogP contribution >= 0.6 is 0 Å². The van der Waals surface area contributed by atoms with Gasteiger partial charge in [0.2, 0.25) is 0 Å². The molecule has 2 heterocycles. The van der Waals surface area contributed by atoms with Crippen molar-refractivity contribution >= 4 is 17.4 Å². The van der Waals surface area contributed by atoms with Gasteiger partial charge < -0.3 is 10.4 Å². The Kier molecular flexibility index (Phi) is 2.85. The van der Waals surface area contributed by atoms with Crippen LogP contribution in [0.2, 0.25) is 0 Å². The Hall–Kier alpha value is -2.25. The number of carbonyl (C=O) groups is 1. The Labute approximate surface area is 98.9 Å². The minimum atomic E-state index is -4.44. The van der Waals surface area contributed by atoms with Crippen molar-refractivity contribution in [2.24, 2.45) is 0 Å². The molecule has 0 aliphatic carbocycles. The zero-order valence-electron chi connectivity index (χ0n) is 8.90. The lowest BCUT2D eigenvalue weighted by atomic mass is 10.4. The van der Waals surface area contributed by atoms with E-state index in [-0.39, 0.29) is 17.2 Å². The second-order valence-corrected chi connectivity index (χ2v) is 3.51. The number of alkyl halides is 3. The summed E-state index contributed by atoms with van der Waals surface area (Å²) in [7, 11) is 0. The Morgan fingerprint density at radius 2 is 2.17 bits per heavy atom. The van der Waals surface area contributed by atoms with Gasteiger partial charge in [-0.15, -0.1) is 0 Å². The molecule has 0 unspecified atom stereocenters. The van der Waals surface area contributed by atoms with Crippen LogP contribution in [0, 0.1) is 0 Å². The van der Waals surface area contributed by atoms with Crippen LogP contribution in [0.5, 0.6) is 0 Å². The molecule has 0 aliphatic heterocycles. The van der Waals surface area contributed by atoms with Crippen molar-refractivity contribution < 1.29 is 23.1 Å². The number of aromatic carboxylic acids is 1. The van der Waals surface area contributed by atoms with Gasteiger partial charge in [-0.3, -0.25) is 4.40 Å². The summed E-state index contributed by atoms with van der Waals surface area (Å²) in [4.78, 5) is 14.8. The maximum Gasteiger partial charge on any atom is 0.405 e. The molecule has 0 bridgehead atoms. The van der Waals surface area contributed by atoms with Crippen LogP contribution < -0.4 is 5.32 Å². The van der Waals surface area contributed by atoms with Crippen molar-refractivity contribution in [2.45, 2.75) is 6.18 Å². The lowest BCUT2D eigenvalue weighted by Crippen LogP contribution is -2.22. The van der Waals surface area contributed by atoms with E-state index in [1.165, 1.54) is 16.7 Å². The van der Waals surface area contributed by atoms with Gasteiger partial charge in [-0.25, -0.2) is 9.78 Å². The number of rotatable bonds is 3. The molecular formula is C10H8F3N3O2. The fourth-order valence-electron chi connectivity index (χ4n) is 1.51. The highest BCUT2D eigenvalue weighted by molar-refractivity contribution is 5.92. The molecule has 0 amide bonds. The van der Waals surface area contributed by atoms with Crippen LogP contribution in [-0.4, -0.2) is 33.2 Å². The zero-order chi connectivity index (χ0) is 13.3. The van der Waals surface area contributed by atoms with Gasteiger partial charge in [0.25, 0.3) is 0 Å². The molecular weight excluding hydrogens is 251 g/mol. The highest BCUT2D eigenvalue weighted by atomic mass is 19.4. The minimum Gasteiger partial charge on any atom is -0.476 e. The van der Waals surface area contributed by atoms with E-state index in [0.717, 1.165) is 0 Å². The monoisotopic (exact) mass is 259 g/mol. The van der Waals surface area contributed by atoms with Gasteiger partial charge >= 0.3 is 12.1 Å². The zero-order valence-corrected chi connectivity index (χ0v) is 8.90. The summed E-state index contributed by atoms with van der Waals surface area (Å²) in [5, 5.41) is 11.0. The quantitative estimate of drug-likeness (QED) is 0.884. The number of carboxylic acid groups (broad SMARTS) is 1. The second-order valence-electron chi connectivity index (χ2n) is 3.51. The number of halogens is 3. The SMILES string of the molecule is O=C(O)c1c(NCC(F)(F)F)nc2ccccn12. The number of nitrogens with zero attached hydrogens (tertiary/aromatic N) is 2. The second kappa shape index (κ2) is 4.21. The summed E-state index contributed by atoms with van der Waals surface area (Å²) in [5.41, 5.74) is -0.0607. The normalized spacial score (nSPS) is 11.7. The molecule has 0 saturated heterocycles. The number of anilines is 1. The van der Waals surface area contributed by atoms with Crippen molar-refractivity contribution in [3.05, 3.63) is 30.1 Å². The van der Waals surface area contributed by atoms with E-state index in [9.17, 15) is 18.0 Å². The molecule has 0 spiro atoms. The molecule has 0 fully saturated rings. The molecule has 5 nitrogen and oxygen atoms in total. The third-order valence-corrected chi connectivity index (χ3v) is 2.19. The Bertz CT molecular complexity index is 592. The van der Waals surface area contributed by atoms with Gasteiger partial charge in [0.1, 0.15) is 12.2 Å². The number of hydrogen-bond acceptors (Lipinski definition) is 3. The Balaban J connectivity index is 2.43. The lowest BCUT2D eigenvalue weighted by Gasteiger charge is -2.07. The van der Waals surface area contributed by atoms with Crippen molar-refractivity contribution in [3.8, 4) is 0 Å². The third-order valence-electron chi connectivity index (χ3n) is 2.19. The van der Waals surface area contributed by atoms with Crippen LogP contribution in [0.1, 0.15) is 10.5 Å². The highest BCUT2D eigenvalue weighted by Crippen LogP contribution is 2.20. The van der Waals surface area contributed by atoms with Crippen LogP contribution in [0.25, 0.3) is 5.65 Å². The molecule has 0 atom stereocenters. The Morgan fingerprint density at radius 3 is 2.78 bits per heavy atom. The predicted octanol–water partition coefficient (Wildman–Crippen LogP) is 2.01. The first-order chi connectivity index (χ1) is 8.38. The molecule has 0 radical (unpaired) electrons. The summed E-state index contributed by atoms with van der Waals surface area (Å²) < 4.78 is 37.5. The first-order valence-corrected chi connectivity index (χ1v) is 4.89. The van der Waals surface area contributed by atoms with Gasteiger partial charge in [0.05, 0.1) is 0 Å². The number of fused-ring (bicyclic) bond motifs is 1. The third kappa shape index (κ3) is 2.36. The van der Waals surface area contributed by atoms with Gasteiger partial charge in [-0.05, 0) is 12.1 Å². The van der Waals surface area contributed by atoms with E-state index in [1.54, 1.807) is 12.1 Å².